The van der Waals surface area contributed by atoms with Gasteiger partial charge in [0.1, 0.15) is 45.9 Å². The summed E-state index contributed by atoms with van der Waals surface area (Å²) in [5, 5.41) is 12.9. The molecule has 0 spiro atoms. The number of phenols is 1. The van der Waals surface area contributed by atoms with Crippen molar-refractivity contribution in [2.45, 2.75) is 59.6 Å². The highest BCUT2D eigenvalue weighted by Gasteiger charge is 2.41. The van der Waals surface area contributed by atoms with Crippen LogP contribution in [0.25, 0.3) is 11.3 Å². The van der Waals surface area contributed by atoms with Crippen LogP contribution in [0.15, 0.2) is 18.2 Å². The Kier molecular flexibility index (Phi) is 7.90. The van der Waals surface area contributed by atoms with Crippen molar-refractivity contribution in [2.75, 3.05) is 31.6 Å². The predicted molar refractivity (Wildman–Crippen MR) is 147 cm³/mol. The van der Waals surface area contributed by atoms with Gasteiger partial charge in [0, 0.05) is 26.1 Å². The van der Waals surface area contributed by atoms with Gasteiger partial charge in [0.2, 0.25) is 5.91 Å². The molecule has 2 N–H and O–H groups in total. The second-order valence-corrected chi connectivity index (χ2v) is 12.5. The molecule has 1 aromatic carbocycles. The third kappa shape index (κ3) is 6.24. The van der Waals surface area contributed by atoms with Crippen LogP contribution >= 0.6 is 11.6 Å². The topological polar surface area (TPSA) is 121 Å². The van der Waals surface area contributed by atoms with E-state index in [0.717, 1.165) is 6.07 Å². The number of carbonyl (C=O) groups excluding carboxylic acids is 3. The van der Waals surface area contributed by atoms with E-state index in [1.807, 2.05) is 20.8 Å². The molecular formula is C28H34ClFN4O6. The second kappa shape index (κ2) is 10.8. The molecule has 0 saturated carbocycles. The molecule has 0 aliphatic carbocycles. The third-order valence-electron chi connectivity index (χ3n) is 6.30. The van der Waals surface area contributed by atoms with E-state index in [1.54, 1.807) is 25.7 Å². The zero-order chi connectivity index (χ0) is 29.6. The van der Waals surface area contributed by atoms with Gasteiger partial charge in [0.25, 0.3) is 5.91 Å². The first-order valence-electron chi connectivity index (χ1n) is 13.0. The van der Waals surface area contributed by atoms with E-state index in [4.69, 9.17) is 21.1 Å². The fourth-order valence-corrected chi connectivity index (χ4v) is 4.90. The van der Waals surface area contributed by atoms with Crippen molar-refractivity contribution in [3.8, 4) is 22.8 Å². The molecule has 3 heterocycles. The second-order valence-electron chi connectivity index (χ2n) is 12.1. The number of aromatic hydroxyl groups is 1. The Hall–Kier alpha value is -3.60. The van der Waals surface area contributed by atoms with Crippen LogP contribution < -0.4 is 10.1 Å². The number of rotatable bonds is 3. The van der Waals surface area contributed by atoms with Gasteiger partial charge in [0.05, 0.1) is 11.6 Å². The number of hydrogen-bond donors (Lipinski definition) is 2. The Balaban J connectivity index is 1.77. The molecule has 1 atom stereocenters. The summed E-state index contributed by atoms with van der Waals surface area (Å²) in [7, 11) is 0. The van der Waals surface area contributed by atoms with Crippen molar-refractivity contribution in [1.82, 2.24) is 14.8 Å². The number of aromatic nitrogens is 1. The number of phenolic OH excluding ortho intramolecular Hbond substituents is 1. The number of hydrogen-bond acceptors (Lipinski definition) is 7. The van der Waals surface area contributed by atoms with Gasteiger partial charge in [0.15, 0.2) is 5.75 Å². The molecule has 4 rings (SSSR count). The summed E-state index contributed by atoms with van der Waals surface area (Å²) in [5.41, 5.74) is -1.63. The number of pyridine rings is 1. The van der Waals surface area contributed by atoms with Crippen molar-refractivity contribution in [3.63, 3.8) is 0 Å². The van der Waals surface area contributed by atoms with Crippen LogP contribution in [0, 0.1) is 11.2 Å². The van der Waals surface area contributed by atoms with Gasteiger partial charge in [-0.05, 0) is 38.3 Å². The fraction of sp³-hybridized carbons (Fsp3) is 0.500. The molecule has 2 aromatic rings. The fourth-order valence-electron chi connectivity index (χ4n) is 4.62. The number of ether oxygens (including phenoxy) is 2. The summed E-state index contributed by atoms with van der Waals surface area (Å²) in [6.07, 6.45) is -0.396. The molecule has 216 valence electrons. The summed E-state index contributed by atoms with van der Waals surface area (Å²) in [6, 6.07) is 3.18. The van der Waals surface area contributed by atoms with Crippen LogP contribution in [0.5, 0.6) is 11.5 Å². The van der Waals surface area contributed by atoms with Crippen LogP contribution in [-0.2, 0) is 9.53 Å². The Morgan fingerprint density at radius 1 is 1.20 bits per heavy atom. The molecule has 2 aliphatic heterocycles. The number of nitrogens with zero attached hydrogens (tertiary/aromatic N) is 3. The predicted octanol–water partition coefficient (Wildman–Crippen LogP) is 5.08. The van der Waals surface area contributed by atoms with Crippen molar-refractivity contribution >= 4 is 35.3 Å². The monoisotopic (exact) mass is 576 g/mol. The van der Waals surface area contributed by atoms with Gasteiger partial charge < -0.3 is 29.7 Å². The molecule has 1 aromatic heterocycles. The van der Waals surface area contributed by atoms with Gasteiger partial charge >= 0.3 is 6.09 Å². The number of carbonyl (C=O) groups is 3. The number of piperazine rings is 1. The number of anilines is 1. The van der Waals surface area contributed by atoms with Crippen molar-refractivity contribution in [1.29, 1.82) is 0 Å². The molecule has 1 saturated heterocycles. The molecule has 0 unspecified atom stereocenters. The van der Waals surface area contributed by atoms with Crippen LogP contribution in [0.3, 0.4) is 0 Å². The minimum Gasteiger partial charge on any atom is -0.507 e. The molecule has 2 aliphatic rings. The SMILES string of the molecule is CC(C)(C)CC(=O)Nc1nc(-c2c(O)cccc2F)c(Cl)c2c1C(=O)N1CCN(C(=O)OC(C)(C)C)C[C@@H]1CO2. The van der Waals surface area contributed by atoms with E-state index in [9.17, 15) is 23.9 Å². The number of benzene rings is 1. The van der Waals surface area contributed by atoms with Gasteiger partial charge in [-0.25, -0.2) is 14.2 Å². The summed E-state index contributed by atoms with van der Waals surface area (Å²) in [6.45, 7) is 11.5. The summed E-state index contributed by atoms with van der Waals surface area (Å²) in [5.74, 6) is -2.41. The van der Waals surface area contributed by atoms with E-state index in [0.29, 0.717) is 0 Å². The van der Waals surface area contributed by atoms with Crippen LogP contribution in [0.2, 0.25) is 5.02 Å². The van der Waals surface area contributed by atoms with Gasteiger partial charge in [-0.1, -0.05) is 38.4 Å². The van der Waals surface area contributed by atoms with E-state index in [1.165, 1.54) is 17.0 Å². The van der Waals surface area contributed by atoms with Crippen LogP contribution in [-0.4, -0.2) is 75.7 Å². The first-order valence-corrected chi connectivity index (χ1v) is 13.4. The molecule has 0 radical (unpaired) electrons. The quantitative estimate of drug-likeness (QED) is 0.523. The summed E-state index contributed by atoms with van der Waals surface area (Å²) >= 11 is 6.67. The highest BCUT2D eigenvalue weighted by atomic mass is 35.5. The molecular weight excluding hydrogens is 543 g/mol. The lowest BCUT2D eigenvalue weighted by Crippen LogP contribution is -2.58. The first kappa shape index (κ1) is 29.4. The Morgan fingerprint density at radius 3 is 2.52 bits per heavy atom. The maximum absolute atomic E-state index is 14.9. The van der Waals surface area contributed by atoms with Gasteiger partial charge in [-0.15, -0.1) is 0 Å². The highest BCUT2D eigenvalue weighted by molar-refractivity contribution is 6.35. The smallest absolute Gasteiger partial charge is 0.410 e. The molecule has 1 fully saturated rings. The number of fused-ring (bicyclic) bond motifs is 2. The minimum atomic E-state index is -0.799. The molecule has 40 heavy (non-hydrogen) atoms. The average Bonchev–Trinajstić information content (AvgIpc) is 2.96. The van der Waals surface area contributed by atoms with Crippen LogP contribution in [0.1, 0.15) is 58.3 Å². The Bertz CT molecular complexity index is 1330. The maximum atomic E-state index is 14.9. The number of halogens is 2. The first-order chi connectivity index (χ1) is 18.6. The summed E-state index contributed by atoms with van der Waals surface area (Å²) in [4.78, 5) is 47.0. The molecule has 3 amide bonds. The lowest BCUT2D eigenvalue weighted by Gasteiger charge is -2.40. The van der Waals surface area contributed by atoms with Gasteiger partial charge in [-0.2, -0.15) is 0 Å². The zero-order valence-corrected chi connectivity index (χ0v) is 24.2. The van der Waals surface area contributed by atoms with Crippen molar-refractivity contribution < 1.29 is 33.4 Å². The minimum absolute atomic E-state index is 0.0418. The lowest BCUT2D eigenvalue weighted by atomic mass is 9.92. The zero-order valence-electron chi connectivity index (χ0n) is 23.4. The van der Waals surface area contributed by atoms with Crippen molar-refractivity contribution in [2.24, 2.45) is 5.41 Å². The number of nitrogens with one attached hydrogen (secondary N) is 1. The van der Waals surface area contributed by atoms with Gasteiger partial charge in [-0.3, -0.25) is 9.59 Å². The standard InChI is InChI=1S/C28H34ClFN4O6/c1-27(2,3)12-18(36)31-24-20-23(21(29)22(32-24)19-16(30)8-7-9-17(19)35)39-14-15-13-33(10-11-34(15)25(20)37)26(38)40-28(4,5)6/h7-9,15,35H,10-14H2,1-6H3,(H,31,32,36)/t15-/m1/s1. The third-order valence-corrected chi connectivity index (χ3v) is 6.65. The average molecular weight is 577 g/mol. The Labute approximate surface area is 237 Å². The van der Waals surface area contributed by atoms with Crippen LogP contribution in [0.4, 0.5) is 15.0 Å². The normalized spacial score (nSPS) is 17.4. The summed E-state index contributed by atoms with van der Waals surface area (Å²) < 4.78 is 26.4. The van der Waals surface area contributed by atoms with E-state index < -0.39 is 41.1 Å². The van der Waals surface area contributed by atoms with E-state index in [-0.39, 0.29) is 71.5 Å². The largest absolute Gasteiger partial charge is 0.507 e. The molecule has 0 bridgehead atoms. The van der Waals surface area contributed by atoms with Crippen molar-refractivity contribution in [3.05, 3.63) is 34.6 Å². The van der Waals surface area contributed by atoms with E-state index >= 15 is 0 Å². The Morgan fingerprint density at radius 2 is 1.90 bits per heavy atom. The number of amides is 3. The molecule has 12 heteroatoms. The molecule has 10 nitrogen and oxygen atoms in total. The highest BCUT2D eigenvalue weighted by Crippen LogP contribution is 2.45. The lowest BCUT2D eigenvalue weighted by molar-refractivity contribution is -0.117. The maximum Gasteiger partial charge on any atom is 0.410 e. The van der Waals surface area contributed by atoms with E-state index in [2.05, 4.69) is 10.3 Å².